The number of hydrogen-bond donors (Lipinski definition) is 1. The number of nitrogens with zero attached hydrogens (tertiary/aromatic N) is 1. The monoisotopic (exact) mass is 284 g/mol. The summed E-state index contributed by atoms with van der Waals surface area (Å²) in [5.74, 6) is -1.09. The van der Waals surface area contributed by atoms with Crippen LogP contribution in [0.2, 0.25) is 10.2 Å². The van der Waals surface area contributed by atoms with Gasteiger partial charge < -0.3 is 5.32 Å². The van der Waals surface area contributed by atoms with Gasteiger partial charge in [0.1, 0.15) is 11.0 Å². The Balaban J connectivity index is 2.19. The number of anilines is 1. The third-order valence-corrected chi connectivity index (χ3v) is 2.68. The molecule has 2 rings (SSSR count). The van der Waals surface area contributed by atoms with Gasteiger partial charge in [-0.2, -0.15) is 0 Å². The smallest absolute Gasteiger partial charge is 0.255 e. The molecule has 0 bridgehead atoms. The Labute approximate surface area is 113 Å². The zero-order chi connectivity index (χ0) is 13.1. The molecule has 1 aromatic heterocycles. The summed E-state index contributed by atoms with van der Waals surface area (Å²) in [6.07, 6.45) is 1.46. The van der Waals surface area contributed by atoms with Crippen LogP contribution < -0.4 is 5.32 Å². The first-order valence-corrected chi connectivity index (χ1v) is 5.70. The standard InChI is InChI=1S/C12H7Cl2FN2O/c13-9-2-1-7(5-10(9)15)12(18)17-8-3-4-16-11(14)6-8/h1-6H,(H,16,17,18). The Kier molecular flexibility index (Phi) is 3.79. The Morgan fingerprint density at radius 1 is 1.22 bits per heavy atom. The van der Waals surface area contributed by atoms with E-state index in [1.54, 1.807) is 6.07 Å². The number of amides is 1. The first kappa shape index (κ1) is 12.8. The average Bonchev–Trinajstić information content (AvgIpc) is 2.32. The molecule has 1 amide bonds. The fourth-order valence-corrected chi connectivity index (χ4v) is 1.61. The number of nitrogens with one attached hydrogen (secondary N) is 1. The highest BCUT2D eigenvalue weighted by atomic mass is 35.5. The zero-order valence-corrected chi connectivity index (χ0v) is 10.5. The van der Waals surface area contributed by atoms with Crippen LogP contribution in [0.3, 0.4) is 0 Å². The molecule has 0 aliphatic rings. The van der Waals surface area contributed by atoms with Gasteiger partial charge in [0.15, 0.2) is 0 Å². The highest BCUT2D eigenvalue weighted by Gasteiger charge is 2.09. The number of halogens is 3. The third-order valence-electron chi connectivity index (χ3n) is 2.17. The summed E-state index contributed by atoms with van der Waals surface area (Å²) in [6.45, 7) is 0. The minimum atomic E-state index is -0.642. The molecule has 0 saturated heterocycles. The van der Waals surface area contributed by atoms with E-state index in [-0.39, 0.29) is 15.7 Å². The fourth-order valence-electron chi connectivity index (χ4n) is 1.32. The van der Waals surface area contributed by atoms with E-state index in [9.17, 15) is 9.18 Å². The lowest BCUT2D eigenvalue weighted by Gasteiger charge is -2.05. The maximum absolute atomic E-state index is 13.2. The summed E-state index contributed by atoms with van der Waals surface area (Å²) in [4.78, 5) is 15.6. The highest BCUT2D eigenvalue weighted by Crippen LogP contribution is 2.17. The second-order valence-electron chi connectivity index (χ2n) is 3.45. The summed E-state index contributed by atoms with van der Waals surface area (Å²) in [5.41, 5.74) is 0.653. The molecule has 0 fully saturated rings. The molecule has 2 aromatic rings. The Hall–Kier alpha value is -1.65. The number of carbonyl (C=O) groups is 1. The van der Waals surface area contributed by atoms with Crippen molar-refractivity contribution in [1.29, 1.82) is 0 Å². The van der Waals surface area contributed by atoms with Crippen LogP contribution in [0.5, 0.6) is 0 Å². The number of pyridine rings is 1. The maximum atomic E-state index is 13.2. The van der Waals surface area contributed by atoms with Gasteiger partial charge in [-0.15, -0.1) is 0 Å². The van der Waals surface area contributed by atoms with Crippen molar-refractivity contribution >= 4 is 34.8 Å². The van der Waals surface area contributed by atoms with Crippen LogP contribution in [0.15, 0.2) is 36.5 Å². The molecule has 0 radical (unpaired) electrons. The molecule has 0 unspecified atom stereocenters. The molecule has 0 spiro atoms. The van der Waals surface area contributed by atoms with Crippen molar-refractivity contribution in [3.63, 3.8) is 0 Å². The van der Waals surface area contributed by atoms with E-state index in [0.717, 1.165) is 6.07 Å². The summed E-state index contributed by atoms with van der Waals surface area (Å²) in [6, 6.07) is 6.90. The van der Waals surface area contributed by atoms with Crippen molar-refractivity contribution in [3.05, 3.63) is 58.1 Å². The molecule has 6 heteroatoms. The maximum Gasteiger partial charge on any atom is 0.255 e. The SMILES string of the molecule is O=C(Nc1ccnc(Cl)c1)c1ccc(Cl)c(F)c1. The van der Waals surface area contributed by atoms with Crippen LogP contribution in [0.1, 0.15) is 10.4 Å². The molecular formula is C12H7Cl2FN2O. The summed E-state index contributed by atoms with van der Waals surface area (Å²) < 4.78 is 13.2. The van der Waals surface area contributed by atoms with Crippen LogP contribution in [-0.2, 0) is 0 Å². The lowest BCUT2D eigenvalue weighted by Crippen LogP contribution is -2.12. The van der Waals surface area contributed by atoms with E-state index >= 15 is 0 Å². The van der Waals surface area contributed by atoms with Crippen molar-refractivity contribution in [2.75, 3.05) is 5.32 Å². The molecule has 0 atom stereocenters. The van der Waals surface area contributed by atoms with Gasteiger partial charge in [-0.05, 0) is 30.3 Å². The molecule has 1 aromatic carbocycles. The van der Waals surface area contributed by atoms with E-state index in [1.807, 2.05) is 0 Å². The average molecular weight is 285 g/mol. The van der Waals surface area contributed by atoms with Gasteiger partial charge in [-0.3, -0.25) is 4.79 Å². The van der Waals surface area contributed by atoms with Crippen molar-refractivity contribution in [2.24, 2.45) is 0 Å². The highest BCUT2D eigenvalue weighted by molar-refractivity contribution is 6.31. The van der Waals surface area contributed by atoms with Crippen LogP contribution in [-0.4, -0.2) is 10.9 Å². The van der Waals surface area contributed by atoms with Gasteiger partial charge >= 0.3 is 0 Å². The van der Waals surface area contributed by atoms with Gasteiger partial charge in [-0.1, -0.05) is 23.2 Å². The first-order valence-electron chi connectivity index (χ1n) is 4.94. The fraction of sp³-hybridized carbons (Fsp3) is 0. The quantitative estimate of drug-likeness (QED) is 0.853. The lowest BCUT2D eigenvalue weighted by molar-refractivity contribution is 0.102. The van der Waals surface area contributed by atoms with Crippen molar-refractivity contribution in [1.82, 2.24) is 4.98 Å². The van der Waals surface area contributed by atoms with Gasteiger partial charge in [0.2, 0.25) is 0 Å². The van der Waals surface area contributed by atoms with E-state index in [2.05, 4.69) is 10.3 Å². The van der Waals surface area contributed by atoms with Crippen molar-refractivity contribution in [3.8, 4) is 0 Å². The zero-order valence-electron chi connectivity index (χ0n) is 8.95. The molecule has 0 saturated carbocycles. The predicted octanol–water partition coefficient (Wildman–Crippen LogP) is 3.78. The van der Waals surface area contributed by atoms with Gasteiger partial charge in [0, 0.05) is 17.4 Å². The second-order valence-corrected chi connectivity index (χ2v) is 4.24. The normalized spacial score (nSPS) is 10.2. The largest absolute Gasteiger partial charge is 0.322 e. The molecule has 18 heavy (non-hydrogen) atoms. The van der Waals surface area contributed by atoms with Crippen LogP contribution >= 0.6 is 23.2 Å². The van der Waals surface area contributed by atoms with E-state index in [0.29, 0.717) is 5.69 Å². The number of aromatic nitrogens is 1. The number of hydrogen-bond acceptors (Lipinski definition) is 2. The molecular weight excluding hydrogens is 278 g/mol. The van der Waals surface area contributed by atoms with Crippen LogP contribution in [0.4, 0.5) is 10.1 Å². The van der Waals surface area contributed by atoms with Gasteiger partial charge in [0.05, 0.1) is 5.02 Å². The number of carbonyl (C=O) groups excluding carboxylic acids is 1. The van der Waals surface area contributed by atoms with Gasteiger partial charge in [0.25, 0.3) is 5.91 Å². The topological polar surface area (TPSA) is 42.0 Å². The Morgan fingerprint density at radius 2 is 2.00 bits per heavy atom. The molecule has 1 heterocycles. The molecule has 3 nitrogen and oxygen atoms in total. The van der Waals surface area contributed by atoms with E-state index in [1.165, 1.54) is 24.4 Å². The number of rotatable bonds is 2. The van der Waals surface area contributed by atoms with Crippen molar-refractivity contribution < 1.29 is 9.18 Å². The molecule has 0 aliphatic carbocycles. The second kappa shape index (κ2) is 5.33. The summed E-state index contributed by atoms with van der Waals surface area (Å²) in [5, 5.41) is 2.80. The first-order chi connectivity index (χ1) is 8.56. The van der Waals surface area contributed by atoms with Crippen LogP contribution in [0.25, 0.3) is 0 Å². The predicted molar refractivity (Wildman–Crippen MR) is 68.6 cm³/mol. The summed E-state index contributed by atoms with van der Waals surface area (Å²) >= 11 is 11.2. The van der Waals surface area contributed by atoms with E-state index in [4.69, 9.17) is 23.2 Å². The Bertz CT molecular complexity index is 604. The minimum Gasteiger partial charge on any atom is -0.322 e. The van der Waals surface area contributed by atoms with Crippen LogP contribution in [0, 0.1) is 5.82 Å². The van der Waals surface area contributed by atoms with E-state index < -0.39 is 11.7 Å². The lowest BCUT2D eigenvalue weighted by atomic mass is 10.2. The number of benzene rings is 1. The molecule has 92 valence electrons. The van der Waals surface area contributed by atoms with Gasteiger partial charge in [-0.25, -0.2) is 9.37 Å². The summed E-state index contributed by atoms with van der Waals surface area (Å²) in [7, 11) is 0. The third kappa shape index (κ3) is 2.97. The van der Waals surface area contributed by atoms with Crippen molar-refractivity contribution in [2.45, 2.75) is 0 Å². The Morgan fingerprint density at radius 3 is 2.67 bits per heavy atom. The molecule has 1 N–H and O–H groups in total. The molecule has 0 aliphatic heterocycles. The minimum absolute atomic E-state index is 0.0292.